The molecule has 3 heteroatoms. The van der Waals surface area contributed by atoms with Crippen LogP contribution >= 0.6 is 15.9 Å². The van der Waals surface area contributed by atoms with Gasteiger partial charge in [-0.1, -0.05) is 57.5 Å². The topological polar surface area (TPSA) is 26.0 Å². The van der Waals surface area contributed by atoms with Gasteiger partial charge in [0.25, 0.3) is 0 Å². The van der Waals surface area contributed by atoms with Crippen molar-refractivity contribution in [3.63, 3.8) is 0 Å². The highest BCUT2D eigenvalue weighted by Crippen LogP contribution is 2.27. The SMILES string of the molecule is BrCc1ccc(-c2noc3ccccc23)cc1. The van der Waals surface area contributed by atoms with Gasteiger partial charge in [0.15, 0.2) is 5.58 Å². The summed E-state index contributed by atoms with van der Waals surface area (Å²) >= 11 is 3.44. The van der Waals surface area contributed by atoms with E-state index in [0.29, 0.717) is 0 Å². The van der Waals surface area contributed by atoms with Crippen molar-refractivity contribution in [2.24, 2.45) is 0 Å². The number of hydrogen-bond donors (Lipinski definition) is 0. The smallest absolute Gasteiger partial charge is 0.167 e. The van der Waals surface area contributed by atoms with Crippen LogP contribution in [0.3, 0.4) is 0 Å². The predicted octanol–water partition coefficient (Wildman–Crippen LogP) is 4.39. The molecule has 0 N–H and O–H groups in total. The van der Waals surface area contributed by atoms with Crippen molar-refractivity contribution >= 4 is 26.9 Å². The highest BCUT2D eigenvalue weighted by molar-refractivity contribution is 9.08. The highest BCUT2D eigenvalue weighted by Gasteiger charge is 2.08. The summed E-state index contributed by atoms with van der Waals surface area (Å²) in [7, 11) is 0. The lowest BCUT2D eigenvalue weighted by atomic mass is 10.1. The molecule has 3 rings (SSSR count). The average molecular weight is 288 g/mol. The van der Waals surface area contributed by atoms with Gasteiger partial charge in [-0.2, -0.15) is 0 Å². The average Bonchev–Trinajstić information content (AvgIpc) is 2.83. The summed E-state index contributed by atoms with van der Waals surface area (Å²) in [6.07, 6.45) is 0. The molecule has 0 bridgehead atoms. The summed E-state index contributed by atoms with van der Waals surface area (Å²) in [6, 6.07) is 16.2. The van der Waals surface area contributed by atoms with Crippen LogP contribution in [-0.2, 0) is 5.33 Å². The van der Waals surface area contributed by atoms with Gasteiger partial charge in [0.2, 0.25) is 0 Å². The summed E-state index contributed by atoms with van der Waals surface area (Å²) in [5.41, 5.74) is 4.06. The van der Waals surface area contributed by atoms with Crippen molar-refractivity contribution in [3.05, 3.63) is 54.1 Å². The lowest BCUT2D eigenvalue weighted by Gasteiger charge is -1.98. The Bertz CT molecular complexity index is 643. The number of alkyl halides is 1. The number of aromatic nitrogens is 1. The fourth-order valence-electron chi connectivity index (χ4n) is 1.85. The minimum atomic E-state index is 0.826. The number of halogens is 1. The van der Waals surface area contributed by atoms with E-state index in [1.165, 1.54) is 5.56 Å². The summed E-state index contributed by atoms with van der Waals surface area (Å²) in [4.78, 5) is 0. The van der Waals surface area contributed by atoms with Crippen LogP contribution in [0.4, 0.5) is 0 Å². The van der Waals surface area contributed by atoms with E-state index in [9.17, 15) is 0 Å². The zero-order valence-electron chi connectivity index (χ0n) is 9.06. The Kier molecular flexibility index (Phi) is 2.69. The minimum absolute atomic E-state index is 0.826. The predicted molar refractivity (Wildman–Crippen MR) is 72.1 cm³/mol. The van der Waals surface area contributed by atoms with Gasteiger partial charge in [0, 0.05) is 16.3 Å². The standard InChI is InChI=1S/C14H10BrNO/c15-9-10-5-7-11(8-6-10)14-12-3-1-2-4-13(12)17-16-14/h1-8H,9H2. The minimum Gasteiger partial charge on any atom is -0.356 e. The van der Waals surface area contributed by atoms with Crippen LogP contribution in [-0.4, -0.2) is 5.16 Å². The number of hydrogen-bond acceptors (Lipinski definition) is 2. The molecule has 2 aromatic carbocycles. The molecule has 0 spiro atoms. The lowest BCUT2D eigenvalue weighted by Crippen LogP contribution is -1.80. The maximum Gasteiger partial charge on any atom is 0.167 e. The molecule has 0 radical (unpaired) electrons. The summed E-state index contributed by atoms with van der Waals surface area (Å²) < 4.78 is 5.30. The van der Waals surface area contributed by atoms with Crippen LogP contribution in [0.15, 0.2) is 53.1 Å². The second kappa shape index (κ2) is 4.34. The van der Waals surface area contributed by atoms with Crippen LogP contribution in [0.1, 0.15) is 5.56 Å². The van der Waals surface area contributed by atoms with Gasteiger partial charge < -0.3 is 4.52 Å². The lowest BCUT2D eigenvalue weighted by molar-refractivity contribution is 0.459. The van der Waals surface area contributed by atoms with E-state index in [1.54, 1.807) is 0 Å². The van der Waals surface area contributed by atoms with E-state index in [-0.39, 0.29) is 0 Å². The molecule has 0 saturated heterocycles. The van der Waals surface area contributed by atoms with E-state index < -0.39 is 0 Å². The molecule has 0 aliphatic rings. The molecule has 84 valence electrons. The summed E-state index contributed by atoms with van der Waals surface area (Å²) in [5.74, 6) is 0. The first-order valence-corrected chi connectivity index (χ1v) is 6.50. The maximum atomic E-state index is 5.30. The molecular weight excluding hydrogens is 278 g/mol. The van der Waals surface area contributed by atoms with Crippen molar-refractivity contribution in [1.82, 2.24) is 5.16 Å². The van der Waals surface area contributed by atoms with Gasteiger partial charge in [0.1, 0.15) is 5.69 Å². The maximum absolute atomic E-state index is 5.30. The second-order valence-corrected chi connectivity index (χ2v) is 4.42. The molecule has 1 aromatic heterocycles. The van der Waals surface area contributed by atoms with Crippen molar-refractivity contribution in [2.75, 3.05) is 0 Å². The zero-order valence-corrected chi connectivity index (χ0v) is 10.6. The highest BCUT2D eigenvalue weighted by atomic mass is 79.9. The molecule has 0 aliphatic carbocycles. The summed E-state index contributed by atoms with van der Waals surface area (Å²) in [5, 5.41) is 6.06. The van der Waals surface area contributed by atoms with Crippen LogP contribution in [0.25, 0.3) is 22.2 Å². The van der Waals surface area contributed by atoms with Crippen molar-refractivity contribution in [3.8, 4) is 11.3 Å². The molecule has 0 fully saturated rings. The van der Waals surface area contributed by atoms with Crippen molar-refractivity contribution in [1.29, 1.82) is 0 Å². The van der Waals surface area contributed by atoms with Gasteiger partial charge in [-0.05, 0) is 17.7 Å². The molecule has 0 atom stereocenters. The molecule has 0 saturated carbocycles. The van der Waals surface area contributed by atoms with E-state index >= 15 is 0 Å². The van der Waals surface area contributed by atoms with Crippen LogP contribution in [0.2, 0.25) is 0 Å². The number of para-hydroxylation sites is 1. The Hall–Kier alpha value is -1.61. The quantitative estimate of drug-likeness (QED) is 0.654. The molecule has 2 nitrogen and oxygen atoms in total. The Labute approximate surface area is 107 Å². The van der Waals surface area contributed by atoms with E-state index in [0.717, 1.165) is 27.6 Å². The number of benzene rings is 2. The molecule has 0 amide bonds. The van der Waals surface area contributed by atoms with Crippen LogP contribution in [0, 0.1) is 0 Å². The van der Waals surface area contributed by atoms with Gasteiger partial charge in [0.05, 0.1) is 0 Å². The summed E-state index contributed by atoms with van der Waals surface area (Å²) in [6.45, 7) is 0. The van der Waals surface area contributed by atoms with Crippen molar-refractivity contribution in [2.45, 2.75) is 5.33 Å². The number of nitrogens with zero attached hydrogens (tertiary/aromatic N) is 1. The van der Waals surface area contributed by atoms with E-state index in [1.807, 2.05) is 24.3 Å². The van der Waals surface area contributed by atoms with E-state index in [2.05, 4.69) is 45.4 Å². The fraction of sp³-hybridized carbons (Fsp3) is 0.0714. The first-order chi connectivity index (χ1) is 8.38. The second-order valence-electron chi connectivity index (χ2n) is 3.86. The van der Waals surface area contributed by atoms with Crippen LogP contribution < -0.4 is 0 Å². The molecular formula is C14H10BrNO. The monoisotopic (exact) mass is 287 g/mol. The Balaban J connectivity index is 2.13. The Morgan fingerprint density at radius 2 is 1.76 bits per heavy atom. The zero-order chi connectivity index (χ0) is 11.7. The third-order valence-electron chi connectivity index (χ3n) is 2.76. The molecule has 0 unspecified atom stereocenters. The van der Waals surface area contributed by atoms with E-state index in [4.69, 9.17) is 4.52 Å². The van der Waals surface area contributed by atoms with Crippen molar-refractivity contribution < 1.29 is 4.52 Å². The molecule has 0 aliphatic heterocycles. The normalized spacial score (nSPS) is 10.9. The van der Waals surface area contributed by atoms with Gasteiger partial charge in [-0.3, -0.25) is 0 Å². The number of rotatable bonds is 2. The third kappa shape index (κ3) is 1.87. The first-order valence-electron chi connectivity index (χ1n) is 5.38. The van der Waals surface area contributed by atoms with Gasteiger partial charge >= 0.3 is 0 Å². The van der Waals surface area contributed by atoms with Gasteiger partial charge in [-0.25, -0.2) is 0 Å². The first kappa shape index (κ1) is 10.5. The van der Waals surface area contributed by atoms with Crippen LogP contribution in [0.5, 0.6) is 0 Å². The molecule has 1 heterocycles. The largest absolute Gasteiger partial charge is 0.356 e. The van der Waals surface area contributed by atoms with Gasteiger partial charge in [-0.15, -0.1) is 0 Å². The molecule has 3 aromatic rings. The fourth-order valence-corrected chi connectivity index (χ4v) is 2.22. The molecule has 17 heavy (non-hydrogen) atoms. The Morgan fingerprint density at radius 3 is 2.53 bits per heavy atom. The Morgan fingerprint density at radius 1 is 1.00 bits per heavy atom. The third-order valence-corrected chi connectivity index (χ3v) is 3.41. The number of fused-ring (bicyclic) bond motifs is 1.